The summed E-state index contributed by atoms with van der Waals surface area (Å²) in [5.74, 6) is 0.611. The van der Waals surface area contributed by atoms with Crippen molar-refractivity contribution in [3.63, 3.8) is 0 Å². The number of rotatable bonds is 4. The van der Waals surface area contributed by atoms with Gasteiger partial charge in [0.05, 0.1) is 0 Å². The van der Waals surface area contributed by atoms with E-state index in [1.165, 1.54) is 0 Å². The number of carbonyl (C=O) groups is 1. The van der Waals surface area contributed by atoms with E-state index in [-0.39, 0.29) is 5.91 Å². The fourth-order valence-corrected chi connectivity index (χ4v) is 2.31. The molecule has 1 amide bonds. The third-order valence-electron chi connectivity index (χ3n) is 3.07. The first-order valence-corrected chi connectivity index (χ1v) is 7.33. The molecular formula is C16H18BrNO. The normalized spacial score (nSPS) is 10.9. The van der Waals surface area contributed by atoms with Gasteiger partial charge in [0.25, 0.3) is 5.91 Å². The van der Waals surface area contributed by atoms with E-state index in [4.69, 9.17) is 0 Å². The van der Waals surface area contributed by atoms with Crippen LogP contribution < -0.4 is 5.32 Å². The highest BCUT2D eigenvalue weighted by Gasteiger charge is 2.06. The van der Waals surface area contributed by atoms with Gasteiger partial charge in [0.2, 0.25) is 0 Å². The lowest BCUT2D eigenvalue weighted by atomic mass is 10.1. The van der Waals surface area contributed by atoms with Crippen molar-refractivity contribution < 1.29 is 4.79 Å². The summed E-state index contributed by atoms with van der Waals surface area (Å²) in [6, 6.07) is 11.9. The number of amides is 1. The van der Waals surface area contributed by atoms with Crippen molar-refractivity contribution >= 4 is 32.6 Å². The van der Waals surface area contributed by atoms with Crippen molar-refractivity contribution in [2.75, 3.05) is 6.54 Å². The summed E-state index contributed by atoms with van der Waals surface area (Å²) in [5.41, 5.74) is 0.721. The summed E-state index contributed by atoms with van der Waals surface area (Å²) in [6.07, 6.45) is 1.01. The zero-order chi connectivity index (χ0) is 13.8. The number of hydrogen-bond donors (Lipinski definition) is 1. The second-order valence-electron chi connectivity index (χ2n) is 5.14. The first kappa shape index (κ1) is 14.1. The van der Waals surface area contributed by atoms with Crippen molar-refractivity contribution in [2.24, 2.45) is 5.92 Å². The summed E-state index contributed by atoms with van der Waals surface area (Å²) in [6.45, 7) is 5.04. The molecule has 0 bridgehead atoms. The second-order valence-corrected chi connectivity index (χ2v) is 6.06. The van der Waals surface area contributed by atoms with E-state index in [0.717, 1.165) is 33.8 Å². The molecular weight excluding hydrogens is 302 g/mol. The molecule has 0 aliphatic heterocycles. The molecule has 0 aliphatic rings. The number of hydrogen-bond acceptors (Lipinski definition) is 1. The molecule has 1 N–H and O–H groups in total. The summed E-state index contributed by atoms with van der Waals surface area (Å²) in [5, 5.41) is 5.17. The van der Waals surface area contributed by atoms with E-state index in [1.807, 2.05) is 30.3 Å². The largest absolute Gasteiger partial charge is 0.352 e. The molecule has 100 valence electrons. The smallest absolute Gasteiger partial charge is 0.251 e. The topological polar surface area (TPSA) is 29.1 Å². The summed E-state index contributed by atoms with van der Waals surface area (Å²) in [4.78, 5) is 12.0. The quantitative estimate of drug-likeness (QED) is 0.890. The van der Waals surface area contributed by atoms with Gasteiger partial charge in [-0.25, -0.2) is 0 Å². The standard InChI is InChI=1S/C16H18BrNO/c1-11(2)7-8-18-16(19)14-4-3-13-10-15(17)6-5-12(13)9-14/h3-6,9-11H,7-8H2,1-2H3,(H,18,19). The molecule has 2 nitrogen and oxygen atoms in total. The van der Waals surface area contributed by atoms with E-state index >= 15 is 0 Å². The minimum atomic E-state index is 0.00506. The molecule has 2 aromatic carbocycles. The zero-order valence-electron chi connectivity index (χ0n) is 11.2. The van der Waals surface area contributed by atoms with Crippen LogP contribution in [0, 0.1) is 5.92 Å². The number of halogens is 1. The molecule has 0 radical (unpaired) electrons. The number of benzene rings is 2. The highest BCUT2D eigenvalue weighted by molar-refractivity contribution is 9.10. The number of nitrogens with one attached hydrogen (secondary N) is 1. The molecule has 0 atom stereocenters. The van der Waals surface area contributed by atoms with Gasteiger partial charge in [-0.1, -0.05) is 41.9 Å². The van der Waals surface area contributed by atoms with Crippen LogP contribution >= 0.6 is 15.9 Å². The Morgan fingerprint density at radius 1 is 1.16 bits per heavy atom. The number of fused-ring (bicyclic) bond motifs is 1. The van der Waals surface area contributed by atoms with E-state index in [0.29, 0.717) is 5.92 Å². The summed E-state index contributed by atoms with van der Waals surface area (Å²) in [7, 11) is 0. The summed E-state index contributed by atoms with van der Waals surface area (Å²) >= 11 is 3.45. The summed E-state index contributed by atoms with van der Waals surface area (Å²) < 4.78 is 1.05. The average molecular weight is 320 g/mol. The van der Waals surface area contributed by atoms with E-state index < -0.39 is 0 Å². The molecule has 3 heteroatoms. The lowest BCUT2D eigenvalue weighted by Gasteiger charge is -2.08. The minimum absolute atomic E-state index is 0.00506. The Kier molecular flexibility index (Phi) is 4.59. The van der Waals surface area contributed by atoms with E-state index in [1.54, 1.807) is 0 Å². The lowest BCUT2D eigenvalue weighted by Crippen LogP contribution is -2.25. The molecule has 0 aliphatic carbocycles. The highest BCUT2D eigenvalue weighted by atomic mass is 79.9. The highest BCUT2D eigenvalue weighted by Crippen LogP contribution is 2.20. The Morgan fingerprint density at radius 2 is 1.84 bits per heavy atom. The van der Waals surface area contributed by atoms with Crippen LogP contribution in [0.15, 0.2) is 40.9 Å². The maximum absolute atomic E-state index is 12.0. The van der Waals surface area contributed by atoms with Gasteiger partial charge >= 0.3 is 0 Å². The molecule has 0 aromatic heterocycles. The molecule has 0 heterocycles. The third-order valence-corrected chi connectivity index (χ3v) is 3.56. The first-order valence-electron chi connectivity index (χ1n) is 6.54. The molecule has 0 saturated heterocycles. The van der Waals surface area contributed by atoms with Crippen LogP contribution in [0.4, 0.5) is 0 Å². The average Bonchev–Trinajstić information content (AvgIpc) is 2.37. The van der Waals surface area contributed by atoms with Crippen molar-refractivity contribution in [1.82, 2.24) is 5.32 Å². The Hall–Kier alpha value is -1.35. The van der Waals surface area contributed by atoms with Crippen LogP contribution in [0.25, 0.3) is 10.8 Å². The molecule has 2 rings (SSSR count). The zero-order valence-corrected chi connectivity index (χ0v) is 12.8. The van der Waals surface area contributed by atoms with Gasteiger partial charge in [-0.05, 0) is 47.4 Å². The second kappa shape index (κ2) is 6.20. The van der Waals surface area contributed by atoms with Crippen LogP contribution in [0.5, 0.6) is 0 Å². The first-order chi connectivity index (χ1) is 9.06. The maximum Gasteiger partial charge on any atom is 0.251 e. The van der Waals surface area contributed by atoms with Crippen molar-refractivity contribution in [2.45, 2.75) is 20.3 Å². The molecule has 0 unspecified atom stereocenters. The van der Waals surface area contributed by atoms with Crippen molar-refractivity contribution in [3.05, 3.63) is 46.4 Å². The van der Waals surface area contributed by atoms with Gasteiger partial charge < -0.3 is 5.32 Å². The Labute approximate surface area is 122 Å². The van der Waals surface area contributed by atoms with Gasteiger partial charge in [-0.3, -0.25) is 4.79 Å². The van der Waals surface area contributed by atoms with Gasteiger partial charge in [-0.15, -0.1) is 0 Å². The van der Waals surface area contributed by atoms with Gasteiger partial charge in [0.15, 0.2) is 0 Å². The predicted molar refractivity (Wildman–Crippen MR) is 83.4 cm³/mol. The van der Waals surface area contributed by atoms with Gasteiger partial charge in [0, 0.05) is 16.6 Å². The number of carbonyl (C=O) groups excluding carboxylic acids is 1. The van der Waals surface area contributed by atoms with Crippen LogP contribution in [0.1, 0.15) is 30.6 Å². The fourth-order valence-electron chi connectivity index (χ4n) is 1.93. The third kappa shape index (κ3) is 3.80. The Morgan fingerprint density at radius 3 is 2.58 bits per heavy atom. The molecule has 2 aromatic rings. The maximum atomic E-state index is 12.0. The predicted octanol–water partition coefficient (Wildman–Crippen LogP) is 4.38. The van der Waals surface area contributed by atoms with Crippen molar-refractivity contribution in [1.29, 1.82) is 0 Å². The Bertz CT molecular complexity index is 592. The van der Waals surface area contributed by atoms with Gasteiger partial charge in [0.1, 0.15) is 0 Å². The van der Waals surface area contributed by atoms with Crippen LogP contribution in [-0.4, -0.2) is 12.5 Å². The van der Waals surface area contributed by atoms with Crippen LogP contribution in [0.2, 0.25) is 0 Å². The van der Waals surface area contributed by atoms with Crippen molar-refractivity contribution in [3.8, 4) is 0 Å². The SMILES string of the molecule is CC(C)CCNC(=O)c1ccc2cc(Br)ccc2c1. The molecule has 0 spiro atoms. The van der Waals surface area contributed by atoms with E-state index in [2.05, 4.69) is 41.2 Å². The Balaban J connectivity index is 2.12. The molecule has 19 heavy (non-hydrogen) atoms. The minimum Gasteiger partial charge on any atom is -0.352 e. The fraction of sp³-hybridized carbons (Fsp3) is 0.312. The molecule has 0 fully saturated rings. The van der Waals surface area contributed by atoms with Gasteiger partial charge in [-0.2, -0.15) is 0 Å². The molecule has 0 saturated carbocycles. The lowest BCUT2D eigenvalue weighted by molar-refractivity contribution is 0.0952. The van der Waals surface area contributed by atoms with Crippen LogP contribution in [0.3, 0.4) is 0 Å². The van der Waals surface area contributed by atoms with E-state index in [9.17, 15) is 4.79 Å². The van der Waals surface area contributed by atoms with Crippen LogP contribution in [-0.2, 0) is 0 Å². The monoisotopic (exact) mass is 319 g/mol.